The van der Waals surface area contributed by atoms with Crippen LogP contribution in [-0.4, -0.2) is 10.9 Å². The molecule has 0 fully saturated rings. The van der Waals surface area contributed by atoms with Crippen LogP contribution in [0.2, 0.25) is 0 Å². The fraction of sp³-hybridized carbons (Fsp3) is 0. The van der Waals surface area contributed by atoms with Gasteiger partial charge in [0, 0.05) is 6.08 Å². The fourth-order valence-corrected chi connectivity index (χ4v) is 0.774. The van der Waals surface area contributed by atoms with Crippen molar-refractivity contribution in [3.63, 3.8) is 0 Å². The standard InChI is InChI=1S/C9H7N3O/c10-6-8-3-1-2-7(12-8)4-5-9(11)13/h1-5H,(H2,11,13). The predicted octanol–water partition coefficient (Wildman–Crippen LogP) is 0.452. The number of rotatable bonds is 2. The van der Waals surface area contributed by atoms with E-state index in [0.29, 0.717) is 11.4 Å². The number of nitrogens with two attached hydrogens (primary N) is 1. The lowest BCUT2D eigenvalue weighted by Crippen LogP contribution is -2.05. The van der Waals surface area contributed by atoms with Gasteiger partial charge in [-0.2, -0.15) is 5.26 Å². The Morgan fingerprint density at radius 3 is 3.00 bits per heavy atom. The van der Waals surface area contributed by atoms with Gasteiger partial charge in [-0.3, -0.25) is 4.79 Å². The van der Waals surface area contributed by atoms with E-state index in [4.69, 9.17) is 11.0 Å². The van der Waals surface area contributed by atoms with Crippen LogP contribution in [0.4, 0.5) is 0 Å². The van der Waals surface area contributed by atoms with Crippen molar-refractivity contribution in [2.24, 2.45) is 5.73 Å². The van der Waals surface area contributed by atoms with Gasteiger partial charge >= 0.3 is 0 Å². The molecule has 0 unspecified atom stereocenters. The van der Waals surface area contributed by atoms with Crippen molar-refractivity contribution in [2.45, 2.75) is 0 Å². The number of carbonyl (C=O) groups is 1. The van der Waals surface area contributed by atoms with Gasteiger partial charge in [0.2, 0.25) is 5.91 Å². The highest BCUT2D eigenvalue weighted by Gasteiger charge is 1.92. The average Bonchev–Trinajstić information content (AvgIpc) is 2.15. The molecule has 0 aromatic carbocycles. The van der Waals surface area contributed by atoms with Gasteiger partial charge in [-0.1, -0.05) is 6.07 Å². The second-order valence-electron chi connectivity index (χ2n) is 2.30. The third-order valence-corrected chi connectivity index (χ3v) is 1.30. The van der Waals surface area contributed by atoms with E-state index in [2.05, 4.69) is 4.98 Å². The number of hydrogen-bond donors (Lipinski definition) is 1. The number of amides is 1. The summed E-state index contributed by atoms with van der Waals surface area (Å²) >= 11 is 0. The zero-order chi connectivity index (χ0) is 9.68. The minimum Gasteiger partial charge on any atom is -0.366 e. The van der Waals surface area contributed by atoms with Gasteiger partial charge < -0.3 is 5.73 Å². The average molecular weight is 173 g/mol. The molecule has 1 aromatic heterocycles. The normalized spacial score (nSPS) is 9.77. The van der Waals surface area contributed by atoms with Crippen molar-refractivity contribution in [1.29, 1.82) is 5.26 Å². The summed E-state index contributed by atoms with van der Waals surface area (Å²) in [5.41, 5.74) is 5.74. The van der Waals surface area contributed by atoms with Crippen molar-refractivity contribution in [3.05, 3.63) is 35.7 Å². The summed E-state index contributed by atoms with van der Waals surface area (Å²) in [6.07, 6.45) is 2.66. The molecule has 1 rings (SSSR count). The maximum atomic E-state index is 10.4. The minimum atomic E-state index is -0.538. The lowest BCUT2D eigenvalue weighted by atomic mass is 10.3. The molecule has 64 valence electrons. The molecule has 2 N–H and O–H groups in total. The minimum absolute atomic E-state index is 0.312. The van der Waals surface area contributed by atoms with Gasteiger partial charge in [-0.05, 0) is 18.2 Å². The molecule has 0 aliphatic rings. The summed E-state index contributed by atoms with van der Waals surface area (Å²) in [4.78, 5) is 14.3. The first kappa shape index (κ1) is 8.94. The van der Waals surface area contributed by atoms with Crippen LogP contribution >= 0.6 is 0 Å². The summed E-state index contributed by atoms with van der Waals surface area (Å²) in [5.74, 6) is -0.538. The van der Waals surface area contributed by atoms with Crippen molar-refractivity contribution in [3.8, 4) is 6.07 Å². The number of nitriles is 1. The van der Waals surface area contributed by atoms with Gasteiger partial charge in [0.05, 0.1) is 5.69 Å². The third-order valence-electron chi connectivity index (χ3n) is 1.30. The quantitative estimate of drug-likeness (QED) is 0.659. The van der Waals surface area contributed by atoms with Crippen LogP contribution < -0.4 is 5.73 Å². The monoisotopic (exact) mass is 173 g/mol. The summed E-state index contributed by atoms with van der Waals surface area (Å²) in [5, 5.41) is 8.51. The van der Waals surface area contributed by atoms with E-state index in [-0.39, 0.29) is 0 Å². The molecule has 13 heavy (non-hydrogen) atoms. The molecule has 0 bridgehead atoms. The SMILES string of the molecule is N#Cc1cccc(C=CC(N)=O)n1. The van der Waals surface area contributed by atoms with Crippen molar-refractivity contribution in [1.82, 2.24) is 4.98 Å². The molecular weight excluding hydrogens is 166 g/mol. The summed E-state index contributed by atoms with van der Waals surface area (Å²) in [6.45, 7) is 0. The van der Waals surface area contributed by atoms with Crippen LogP contribution in [0.25, 0.3) is 6.08 Å². The van der Waals surface area contributed by atoms with Gasteiger partial charge in [-0.15, -0.1) is 0 Å². The first-order chi connectivity index (χ1) is 6.22. The van der Waals surface area contributed by atoms with Gasteiger partial charge in [0.1, 0.15) is 11.8 Å². The number of carbonyl (C=O) groups excluding carboxylic acids is 1. The largest absolute Gasteiger partial charge is 0.366 e. The second-order valence-corrected chi connectivity index (χ2v) is 2.30. The first-order valence-corrected chi connectivity index (χ1v) is 3.57. The maximum Gasteiger partial charge on any atom is 0.241 e. The maximum absolute atomic E-state index is 10.4. The van der Waals surface area contributed by atoms with E-state index in [9.17, 15) is 4.79 Å². The van der Waals surface area contributed by atoms with Crippen LogP contribution in [0.3, 0.4) is 0 Å². The number of primary amides is 1. The van der Waals surface area contributed by atoms with Crippen molar-refractivity contribution < 1.29 is 4.79 Å². The Bertz CT molecular complexity index is 390. The molecule has 0 atom stereocenters. The number of aromatic nitrogens is 1. The summed E-state index contributed by atoms with van der Waals surface area (Å²) in [6, 6.07) is 6.85. The molecule has 4 nitrogen and oxygen atoms in total. The molecule has 1 amide bonds. The number of hydrogen-bond acceptors (Lipinski definition) is 3. The van der Waals surface area contributed by atoms with E-state index < -0.39 is 5.91 Å². The number of pyridine rings is 1. The Balaban J connectivity index is 2.91. The molecule has 0 saturated carbocycles. The Labute approximate surface area is 75.3 Å². The van der Waals surface area contributed by atoms with Crippen LogP contribution in [-0.2, 0) is 4.79 Å². The van der Waals surface area contributed by atoms with E-state index in [1.165, 1.54) is 12.2 Å². The van der Waals surface area contributed by atoms with Crippen LogP contribution in [0.1, 0.15) is 11.4 Å². The van der Waals surface area contributed by atoms with Crippen molar-refractivity contribution >= 4 is 12.0 Å². The van der Waals surface area contributed by atoms with Crippen LogP contribution in [0.5, 0.6) is 0 Å². The highest BCUT2D eigenvalue weighted by molar-refractivity contribution is 5.89. The highest BCUT2D eigenvalue weighted by Crippen LogP contribution is 1.99. The Kier molecular flexibility index (Phi) is 2.77. The van der Waals surface area contributed by atoms with Crippen LogP contribution in [0, 0.1) is 11.3 Å². The zero-order valence-electron chi connectivity index (χ0n) is 6.77. The Hall–Kier alpha value is -2.15. The lowest BCUT2D eigenvalue weighted by Gasteiger charge is -1.91. The summed E-state index contributed by atoms with van der Waals surface area (Å²) in [7, 11) is 0. The van der Waals surface area contributed by atoms with Gasteiger partial charge in [0.25, 0.3) is 0 Å². The molecule has 0 aliphatic carbocycles. The van der Waals surface area contributed by atoms with E-state index in [1.807, 2.05) is 6.07 Å². The second kappa shape index (κ2) is 4.02. The van der Waals surface area contributed by atoms with Crippen LogP contribution in [0.15, 0.2) is 24.3 Å². The van der Waals surface area contributed by atoms with E-state index >= 15 is 0 Å². The van der Waals surface area contributed by atoms with E-state index in [1.54, 1.807) is 18.2 Å². The predicted molar refractivity (Wildman–Crippen MR) is 47.2 cm³/mol. The highest BCUT2D eigenvalue weighted by atomic mass is 16.1. The first-order valence-electron chi connectivity index (χ1n) is 3.57. The fourth-order valence-electron chi connectivity index (χ4n) is 0.774. The van der Waals surface area contributed by atoms with Crippen molar-refractivity contribution in [2.75, 3.05) is 0 Å². The molecule has 0 radical (unpaired) electrons. The van der Waals surface area contributed by atoms with Gasteiger partial charge in [-0.25, -0.2) is 4.98 Å². The molecule has 0 saturated heterocycles. The lowest BCUT2D eigenvalue weighted by molar-refractivity contribution is -0.113. The molecule has 0 aliphatic heterocycles. The van der Waals surface area contributed by atoms with Gasteiger partial charge in [0.15, 0.2) is 0 Å². The summed E-state index contributed by atoms with van der Waals surface area (Å²) < 4.78 is 0. The number of nitrogens with zero attached hydrogens (tertiary/aromatic N) is 2. The van der Waals surface area contributed by atoms with E-state index in [0.717, 1.165) is 0 Å². The molecule has 1 aromatic rings. The Morgan fingerprint density at radius 1 is 1.62 bits per heavy atom. The topological polar surface area (TPSA) is 79.8 Å². The zero-order valence-corrected chi connectivity index (χ0v) is 6.77. The molecular formula is C9H7N3O. The molecule has 4 heteroatoms. The third kappa shape index (κ3) is 2.75. The molecule has 1 heterocycles. The Morgan fingerprint density at radius 2 is 2.38 bits per heavy atom. The smallest absolute Gasteiger partial charge is 0.241 e. The molecule has 0 spiro atoms.